The molecular weight excluding hydrogens is 315 g/mol. The zero-order valence-electron chi connectivity index (χ0n) is 12.0. The molecule has 120 valence electrons. The summed E-state index contributed by atoms with van der Waals surface area (Å²) in [5.41, 5.74) is -0.0355. The first-order chi connectivity index (χ1) is 10.5. The van der Waals surface area contributed by atoms with Crippen molar-refractivity contribution in [3.8, 4) is 0 Å². The molecule has 2 aromatic rings. The van der Waals surface area contributed by atoms with Gasteiger partial charge in [0.05, 0.1) is 28.4 Å². The van der Waals surface area contributed by atoms with Crippen LogP contribution in [0, 0.1) is 0 Å². The van der Waals surface area contributed by atoms with Gasteiger partial charge in [-0.25, -0.2) is 4.98 Å². The van der Waals surface area contributed by atoms with Crippen molar-refractivity contribution < 1.29 is 17.9 Å². The Morgan fingerprint density at radius 3 is 3.00 bits per heavy atom. The molecule has 1 aromatic carbocycles. The first kappa shape index (κ1) is 15.5. The molecule has 1 aromatic heterocycles. The molecule has 0 bridgehead atoms. The third-order valence-corrected chi connectivity index (χ3v) is 4.71. The topological polar surface area (TPSA) is 37.4 Å². The van der Waals surface area contributed by atoms with Gasteiger partial charge in [0.1, 0.15) is 0 Å². The molecule has 0 radical (unpaired) electrons. The molecule has 1 unspecified atom stereocenters. The van der Waals surface area contributed by atoms with Gasteiger partial charge in [-0.15, -0.1) is 0 Å². The maximum atomic E-state index is 12.8. The molecular formula is C14H16F3N3OS. The van der Waals surface area contributed by atoms with E-state index in [0.29, 0.717) is 16.8 Å². The number of methoxy groups -OCH3 is 1. The molecule has 1 aliphatic heterocycles. The predicted molar refractivity (Wildman–Crippen MR) is 80.5 cm³/mol. The van der Waals surface area contributed by atoms with Crippen LogP contribution in [0.25, 0.3) is 10.2 Å². The maximum absolute atomic E-state index is 12.8. The van der Waals surface area contributed by atoms with Crippen molar-refractivity contribution in [1.82, 2.24) is 10.3 Å². The summed E-state index contributed by atoms with van der Waals surface area (Å²) in [5, 5.41) is 4.04. The molecule has 8 heteroatoms. The fourth-order valence-electron chi connectivity index (χ4n) is 2.57. The van der Waals surface area contributed by atoms with Crippen LogP contribution in [0.2, 0.25) is 0 Å². The van der Waals surface area contributed by atoms with Gasteiger partial charge in [-0.3, -0.25) is 0 Å². The number of anilines is 1. The van der Waals surface area contributed by atoms with Gasteiger partial charge in [0.2, 0.25) is 0 Å². The third-order valence-electron chi connectivity index (χ3n) is 3.66. The Bertz CT molecular complexity index is 656. The van der Waals surface area contributed by atoms with Crippen LogP contribution < -0.4 is 10.2 Å². The maximum Gasteiger partial charge on any atom is 0.416 e. The number of rotatable bonds is 3. The molecule has 0 spiro atoms. The van der Waals surface area contributed by atoms with Gasteiger partial charge in [0, 0.05) is 26.7 Å². The van der Waals surface area contributed by atoms with Crippen LogP contribution in [-0.2, 0) is 10.9 Å². The van der Waals surface area contributed by atoms with Crippen molar-refractivity contribution in [2.75, 3.05) is 38.3 Å². The lowest BCUT2D eigenvalue weighted by atomic mass is 10.2. The Hall–Kier alpha value is -1.38. The van der Waals surface area contributed by atoms with Crippen LogP contribution >= 0.6 is 11.3 Å². The number of fused-ring (bicyclic) bond motifs is 1. The molecule has 1 aliphatic rings. The average Bonchev–Trinajstić information content (AvgIpc) is 2.90. The Labute approximate surface area is 129 Å². The van der Waals surface area contributed by atoms with Gasteiger partial charge in [0.15, 0.2) is 5.13 Å². The minimum absolute atomic E-state index is 0.140. The summed E-state index contributed by atoms with van der Waals surface area (Å²) < 4.78 is 44.1. The van der Waals surface area contributed by atoms with Gasteiger partial charge >= 0.3 is 6.18 Å². The van der Waals surface area contributed by atoms with E-state index in [-0.39, 0.29) is 6.04 Å². The van der Waals surface area contributed by atoms with Crippen LogP contribution in [0.3, 0.4) is 0 Å². The van der Waals surface area contributed by atoms with E-state index in [2.05, 4.69) is 15.2 Å². The highest BCUT2D eigenvalue weighted by Gasteiger charge is 2.31. The molecule has 3 rings (SSSR count). The summed E-state index contributed by atoms with van der Waals surface area (Å²) >= 11 is 1.30. The standard InChI is InChI=1S/C14H16F3N3OS/c1-21-8-10-7-18-4-5-20(10)13-19-11-3-2-9(14(15,16)17)6-12(11)22-13/h2-3,6,10,18H,4-5,7-8H2,1H3. The number of alkyl halides is 3. The number of hydrogen-bond acceptors (Lipinski definition) is 5. The number of hydrogen-bond donors (Lipinski definition) is 1. The highest BCUT2D eigenvalue weighted by molar-refractivity contribution is 7.22. The van der Waals surface area contributed by atoms with E-state index in [4.69, 9.17) is 4.74 Å². The highest BCUT2D eigenvalue weighted by atomic mass is 32.1. The minimum atomic E-state index is -4.33. The number of nitrogens with zero attached hydrogens (tertiary/aromatic N) is 2. The number of ether oxygens (including phenoxy) is 1. The van der Waals surface area contributed by atoms with E-state index in [9.17, 15) is 13.2 Å². The monoisotopic (exact) mass is 331 g/mol. The second-order valence-electron chi connectivity index (χ2n) is 5.18. The summed E-state index contributed by atoms with van der Waals surface area (Å²) in [4.78, 5) is 6.59. The summed E-state index contributed by atoms with van der Waals surface area (Å²) in [6, 6.07) is 3.83. The number of nitrogens with one attached hydrogen (secondary N) is 1. The lowest BCUT2D eigenvalue weighted by Gasteiger charge is -2.35. The number of aromatic nitrogens is 1. The molecule has 0 amide bonds. The molecule has 1 N–H and O–H groups in total. The largest absolute Gasteiger partial charge is 0.416 e. The van der Waals surface area contributed by atoms with Crippen molar-refractivity contribution in [2.45, 2.75) is 12.2 Å². The summed E-state index contributed by atoms with van der Waals surface area (Å²) in [7, 11) is 1.64. The van der Waals surface area contributed by atoms with Gasteiger partial charge in [-0.2, -0.15) is 13.2 Å². The Morgan fingerprint density at radius 2 is 2.27 bits per heavy atom. The Kier molecular flexibility index (Phi) is 4.24. The molecule has 22 heavy (non-hydrogen) atoms. The zero-order chi connectivity index (χ0) is 15.7. The summed E-state index contributed by atoms with van der Waals surface area (Å²) in [5.74, 6) is 0. The van der Waals surface area contributed by atoms with E-state index in [1.165, 1.54) is 23.5 Å². The van der Waals surface area contributed by atoms with Crippen molar-refractivity contribution in [3.63, 3.8) is 0 Å². The van der Waals surface area contributed by atoms with Crippen LogP contribution in [0.4, 0.5) is 18.3 Å². The molecule has 2 heterocycles. The van der Waals surface area contributed by atoms with Crippen LogP contribution in [0.1, 0.15) is 5.56 Å². The zero-order valence-corrected chi connectivity index (χ0v) is 12.8. The molecule has 1 saturated heterocycles. The van der Waals surface area contributed by atoms with Gasteiger partial charge in [0.25, 0.3) is 0 Å². The second kappa shape index (κ2) is 6.02. The third kappa shape index (κ3) is 3.04. The van der Waals surface area contributed by atoms with Crippen molar-refractivity contribution in [1.29, 1.82) is 0 Å². The molecule has 1 fully saturated rings. The first-order valence-electron chi connectivity index (χ1n) is 6.93. The van der Waals surface area contributed by atoms with E-state index < -0.39 is 11.7 Å². The van der Waals surface area contributed by atoms with Gasteiger partial charge < -0.3 is 15.0 Å². The second-order valence-corrected chi connectivity index (χ2v) is 6.19. The number of piperazine rings is 1. The van der Waals surface area contributed by atoms with Crippen molar-refractivity contribution in [3.05, 3.63) is 23.8 Å². The Morgan fingerprint density at radius 1 is 1.45 bits per heavy atom. The average molecular weight is 331 g/mol. The summed E-state index contributed by atoms with van der Waals surface area (Å²) in [6.45, 7) is 2.91. The number of halogens is 3. The van der Waals surface area contributed by atoms with Crippen LogP contribution in [0.15, 0.2) is 18.2 Å². The van der Waals surface area contributed by atoms with Crippen molar-refractivity contribution >= 4 is 26.7 Å². The molecule has 0 aliphatic carbocycles. The molecule has 1 atom stereocenters. The predicted octanol–water partition coefficient (Wildman–Crippen LogP) is 2.74. The van der Waals surface area contributed by atoms with E-state index in [1.54, 1.807) is 7.11 Å². The van der Waals surface area contributed by atoms with Crippen molar-refractivity contribution in [2.24, 2.45) is 0 Å². The van der Waals surface area contributed by atoms with Gasteiger partial charge in [-0.05, 0) is 18.2 Å². The minimum Gasteiger partial charge on any atom is -0.382 e. The number of benzene rings is 1. The Balaban J connectivity index is 1.93. The smallest absolute Gasteiger partial charge is 0.382 e. The first-order valence-corrected chi connectivity index (χ1v) is 7.75. The molecule has 0 saturated carbocycles. The quantitative estimate of drug-likeness (QED) is 0.938. The summed E-state index contributed by atoms with van der Waals surface area (Å²) in [6.07, 6.45) is -4.33. The van der Waals surface area contributed by atoms with E-state index >= 15 is 0 Å². The fourth-order valence-corrected chi connectivity index (χ4v) is 3.67. The van der Waals surface area contributed by atoms with Crippen LogP contribution in [0.5, 0.6) is 0 Å². The fraction of sp³-hybridized carbons (Fsp3) is 0.500. The van der Waals surface area contributed by atoms with E-state index in [1.807, 2.05) is 0 Å². The van der Waals surface area contributed by atoms with Crippen LogP contribution in [-0.4, -0.2) is 44.4 Å². The normalized spacial score (nSPS) is 19.8. The van der Waals surface area contributed by atoms with E-state index in [0.717, 1.165) is 30.8 Å². The SMILES string of the molecule is COCC1CNCCN1c1nc2ccc(C(F)(F)F)cc2s1. The lowest BCUT2D eigenvalue weighted by Crippen LogP contribution is -2.53. The van der Waals surface area contributed by atoms with Gasteiger partial charge in [-0.1, -0.05) is 11.3 Å². The lowest BCUT2D eigenvalue weighted by molar-refractivity contribution is -0.137. The number of thiazole rings is 1. The highest BCUT2D eigenvalue weighted by Crippen LogP contribution is 2.35. The molecule has 4 nitrogen and oxygen atoms in total.